The predicted molar refractivity (Wildman–Crippen MR) is 110 cm³/mol. The molecule has 29 heavy (non-hydrogen) atoms. The van der Waals surface area contributed by atoms with E-state index in [2.05, 4.69) is 19.9 Å². The number of allylic oxidation sites excluding steroid dienone is 1. The number of nitrogens with zero attached hydrogens (tertiary/aromatic N) is 1. The highest BCUT2D eigenvalue weighted by atomic mass is 16.5. The Bertz CT molecular complexity index is 869. The lowest BCUT2D eigenvalue weighted by Gasteiger charge is -2.36. The number of rotatable bonds is 4. The van der Waals surface area contributed by atoms with E-state index >= 15 is 0 Å². The number of anilines is 1. The molecule has 5 heteroatoms. The largest absolute Gasteiger partial charge is 0.457 e. The van der Waals surface area contributed by atoms with E-state index in [4.69, 9.17) is 4.74 Å². The lowest BCUT2D eigenvalue weighted by Crippen LogP contribution is -2.39. The minimum absolute atomic E-state index is 0.00399. The number of fused-ring (bicyclic) bond motifs is 3. The van der Waals surface area contributed by atoms with Crippen molar-refractivity contribution in [3.63, 3.8) is 0 Å². The lowest BCUT2D eigenvalue weighted by molar-refractivity contribution is -0.155. The van der Waals surface area contributed by atoms with E-state index in [0.717, 1.165) is 30.6 Å². The molecule has 1 aromatic carbocycles. The average Bonchev–Trinajstić information content (AvgIpc) is 2.87. The minimum Gasteiger partial charge on any atom is -0.457 e. The van der Waals surface area contributed by atoms with Crippen LogP contribution in [0.25, 0.3) is 0 Å². The fourth-order valence-corrected chi connectivity index (χ4v) is 5.39. The van der Waals surface area contributed by atoms with Crippen LogP contribution < -0.4 is 4.90 Å². The van der Waals surface area contributed by atoms with Crippen LogP contribution in [0, 0.1) is 17.8 Å². The van der Waals surface area contributed by atoms with E-state index in [-0.39, 0.29) is 41.5 Å². The van der Waals surface area contributed by atoms with Crippen molar-refractivity contribution >= 4 is 23.2 Å². The summed E-state index contributed by atoms with van der Waals surface area (Å²) in [4.78, 5) is 39.3. The number of carbonyl (C=O) groups excluding carboxylic acids is 3. The Morgan fingerprint density at radius 3 is 2.48 bits per heavy atom. The molecule has 0 N–H and O–H groups in total. The number of ketones is 2. The Morgan fingerprint density at radius 1 is 1.17 bits per heavy atom. The maximum absolute atomic E-state index is 12.6. The summed E-state index contributed by atoms with van der Waals surface area (Å²) in [6.45, 7) is 3.94. The van der Waals surface area contributed by atoms with E-state index < -0.39 is 0 Å². The Morgan fingerprint density at radius 2 is 1.83 bits per heavy atom. The number of hydrogen-bond donors (Lipinski definition) is 0. The number of esters is 1. The highest BCUT2D eigenvalue weighted by molar-refractivity contribution is 5.95. The zero-order valence-electron chi connectivity index (χ0n) is 17.4. The van der Waals surface area contributed by atoms with E-state index in [9.17, 15) is 14.4 Å². The van der Waals surface area contributed by atoms with Gasteiger partial charge in [0.05, 0.1) is 5.92 Å². The van der Waals surface area contributed by atoms with Crippen molar-refractivity contribution in [1.82, 2.24) is 0 Å². The number of carbonyl (C=O) groups is 3. The summed E-state index contributed by atoms with van der Waals surface area (Å²) in [5.41, 5.74) is 2.88. The summed E-state index contributed by atoms with van der Waals surface area (Å²) < 4.78 is 5.37. The van der Waals surface area contributed by atoms with Crippen molar-refractivity contribution < 1.29 is 19.1 Å². The molecule has 2 fully saturated rings. The molecule has 2 unspecified atom stereocenters. The van der Waals surface area contributed by atoms with Gasteiger partial charge in [0.2, 0.25) is 0 Å². The number of Topliss-reactive ketones (excluding diaryl/α,β-unsaturated/α-hetero) is 1. The molecule has 2 aliphatic carbocycles. The smallest absolute Gasteiger partial charge is 0.309 e. The van der Waals surface area contributed by atoms with Gasteiger partial charge in [0.1, 0.15) is 5.78 Å². The SMILES string of the molecule is CN1/C(=C/C(=O)COC(=O)C2CC3CCCC(C2)C3=O)C(C)(C)c2ccccc21. The lowest BCUT2D eigenvalue weighted by atomic mass is 9.67. The molecular formula is C24H29NO4. The molecule has 2 saturated carbocycles. The van der Waals surface area contributed by atoms with Crippen LogP contribution >= 0.6 is 0 Å². The fourth-order valence-electron chi connectivity index (χ4n) is 5.39. The number of ether oxygens (including phenoxy) is 1. The number of benzene rings is 1. The van der Waals surface area contributed by atoms with E-state index in [1.54, 1.807) is 6.08 Å². The third kappa shape index (κ3) is 3.52. The molecule has 1 heterocycles. The van der Waals surface area contributed by atoms with E-state index in [1.807, 2.05) is 30.1 Å². The first-order valence-electron chi connectivity index (χ1n) is 10.6. The van der Waals surface area contributed by atoms with Crippen LogP contribution in [0.5, 0.6) is 0 Å². The summed E-state index contributed by atoms with van der Waals surface area (Å²) >= 11 is 0. The van der Waals surface area contributed by atoms with Gasteiger partial charge in [-0.3, -0.25) is 14.4 Å². The topological polar surface area (TPSA) is 63.7 Å². The Balaban J connectivity index is 1.39. The standard InChI is InChI=1S/C24H29NO4/c1-24(2)19-9-4-5-10-20(19)25(3)21(24)13-18(26)14-29-23(28)17-11-15-7-6-8-16(12-17)22(15)27/h4-5,9-10,13,15-17H,6-8,11-12,14H2,1-3H3/b21-13+. The molecule has 0 amide bonds. The third-order valence-electron chi connectivity index (χ3n) is 6.98. The van der Waals surface area contributed by atoms with Gasteiger partial charge in [-0.15, -0.1) is 0 Å². The Labute approximate surface area is 172 Å². The molecule has 0 aromatic heterocycles. The van der Waals surface area contributed by atoms with Gasteiger partial charge >= 0.3 is 5.97 Å². The normalized spacial score (nSPS) is 28.9. The second-order valence-corrected chi connectivity index (χ2v) is 9.20. The molecule has 0 spiro atoms. The molecule has 1 aromatic rings. The molecule has 0 radical (unpaired) electrons. The van der Waals surface area contributed by atoms with Crippen molar-refractivity contribution in [3.05, 3.63) is 41.6 Å². The minimum atomic E-state index is -0.330. The predicted octanol–water partition coefficient (Wildman–Crippen LogP) is 3.81. The zero-order valence-corrected chi connectivity index (χ0v) is 17.4. The molecule has 2 bridgehead atoms. The van der Waals surface area contributed by atoms with Crippen LogP contribution in [0.2, 0.25) is 0 Å². The van der Waals surface area contributed by atoms with Crippen molar-refractivity contribution in [2.45, 2.75) is 51.4 Å². The highest BCUT2D eigenvalue weighted by Crippen LogP contribution is 2.46. The van der Waals surface area contributed by atoms with Gasteiger partial charge in [-0.05, 0) is 37.3 Å². The summed E-state index contributed by atoms with van der Waals surface area (Å²) in [6, 6.07) is 8.12. The first-order chi connectivity index (χ1) is 13.8. The van der Waals surface area contributed by atoms with Crippen LogP contribution in [0.4, 0.5) is 5.69 Å². The van der Waals surface area contributed by atoms with Crippen LogP contribution in [0.1, 0.15) is 51.5 Å². The average molecular weight is 395 g/mol. The molecule has 5 nitrogen and oxygen atoms in total. The van der Waals surface area contributed by atoms with Crippen molar-refractivity contribution in [3.8, 4) is 0 Å². The van der Waals surface area contributed by atoms with E-state index in [0.29, 0.717) is 18.6 Å². The van der Waals surface area contributed by atoms with Crippen LogP contribution in [-0.4, -0.2) is 31.2 Å². The molecule has 0 saturated heterocycles. The Hall–Kier alpha value is -2.43. The number of hydrogen-bond acceptors (Lipinski definition) is 5. The van der Waals surface area contributed by atoms with Gasteiger partial charge in [-0.1, -0.05) is 38.5 Å². The summed E-state index contributed by atoms with van der Waals surface area (Å²) in [7, 11) is 1.95. The van der Waals surface area contributed by atoms with Gasteiger partial charge < -0.3 is 9.64 Å². The van der Waals surface area contributed by atoms with Gasteiger partial charge in [0.25, 0.3) is 0 Å². The molecule has 4 rings (SSSR count). The summed E-state index contributed by atoms with van der Waals surface area (Å²) in [5.74, 6) is -0.462. The van der Waals surface area contributed by atoms with Crippen LogP contribution in [0.3, 0.4) is 0 Å². The van der Waals surface area contributed by atoms with Gasteiger partial charge in [0.15, 0.2) is 12.4 Å². The monoisotopic (exact) mass is 395 g/mol. The molecule has 154 valence electrons. The molecule has 2 atom stereocenters. The highest BCUT2D eigenvalue weighted by Gasteiger charge is 2.42. The van der Waals surface area contributed by atoms with Crippen LogP contribution in [0.15, 0.2) is 36.0 Å². The summed E-state index contributed by atoms with van der Waals surface area (Å²) in [6.07, 6.45) is 5.59. The van der Waals surface area contributed by atoms with Gasteiger partial charge in [0, 0.05) is 41.8 Å². The molecule has 3 aliphatic rings. The maximum atomic E-state index is 12.6. The quantitative estimate of drug-likeness (QED) is 0.573. The molecule has 1 aliphatic heterocycles. The Kier molecular flexibility index (Phi) is 5.09. The second kappa shape index (κ2) is 7.43. The van der Waals surface area contributed by atoms with Crippen molar-refractivity contribution in [1.29, 1.82) is 0 Å². The first kappa shape index (κ1) is 19.9. The molecular weight excluding hydrogens is 366 g/mol. The number of likely N-dealkylation sites (N-methyl/N-ethyl adjacent to an activating group) is 1. The zero-order chi connectivity index (χ0) is 20.8. The van der Waals surface area contributed by atoms with Crippen molar-refractivity contribution in [2.75, 3.05) is 18.6 Å². The first-order valence-corrected chi connectivity index (χ1v) is 10.6. The second-order valence-electron chi connectivity index (χ2n) is 9.20. The third-order valence-corrected chi connectivity index (χ3v) is 6.98. The van der Waals surface area contributed by atoms with Crippen LogP contribution in [-0.2, 0) is 24.5 Å². The number of para-hydroxylation sites is 1. The summed E-state index contributed by atoms with van der Waals surface area (Å²) in [5, 5.41) is 0. The van der Waals surface area contributed by atoms with Gasteiger partial charge in [-0.2, -0.15) is 0 Å². The maximum Gasteiger partial charge on any atom is 0.309 e. The van der Waals surface area contributed by atoms with Gasteiger partial charge in [-0.25, -0.2) is 0 Å². The van der Waals surface area contributed by atoms with Crippen molar-refractivity contribution in [2.24, 2.45) is 17.8 Å². The van der Waals surface area contributed by atoms with E-state index in [1.165, 1.54) is 5.56 Å². The fraction of sp³-hybridized carbons (Fsp3) is 0.542.